The molecule has 0 unspecified atom stereocenters. The minimum absolute atomic E-state index is 0.0273. The van der Waals surface area contributed by atoms with E-state index >= 15 is 0 Å². The van der Waals surface area contributed by atoms with E-state index in [4.69, 9.17) is 4.74 Å². The number of amides is 1. The van der Waals surface area contributed by atoms with Gasteiger partial charge in [-0.2, -0.15) is 5.10 Å². The standard InChI is InChI=1S/C27H31N7O3/c1-18(2)33-12-13-34-20(15-28-10-11-30-26-21-16-31-32-22(21)8-9-29-26)14-23(35)25(24(34)27(33)36)37-17-19-6-4-3-5-7-19/h3-9,14,16,18,28H,10-13,15,17H2,1-2H3,(H,29,30)(H,31,32). The average Bonchev–Trinajstić information content (AvgIpc) is 3.38. The third-order valence-corrected chi connectivity index (χ3v) is 6.50. The van der Waals surface area contributed by atoms with Gasteiger partial charge in [0.25, 0.3) is 5.91 Å². The highest BCUT2D eigenvalue weighted by atomic mass is 16.5. The quantitative estimate of drug-likeness (QED) is 0.286. The number of anilines is 1. The first-order valence-corrected chi connectivity index (χ1v) is 12.5. The number of nitrogens with one attached hydrogen (secondary N) is 3. The third-order valence-electron chi connectivity index (χ3n) is 6.50. The van der Waals surface area contributed by atoms with Crippen molar-refractivity contribution in [3.63, 3.8) is 0 Å². The number of aromatic nitrogens is 4. The van der Waals surface area contributed by atoms with E-state index in [0.29, 0.717) is 38.4 Å². The molecule has 0 atom stereocenters. The average molecular weight is 502 g/mol. The molecule has 0 aliphatic carbocycles. The van der Waals surface area contributed by atoms with E-state index in [2.05, 4.69) is 25.8 Å². The Morgan fingerprint density at radius 2 is 1.95 bits per heavy atom. The number of ether oxygens (including phenoxy) is 1. The molecule has 3 N–H and O–H groups in total. The highest BCUT2D eigenvalue weighted by Gasteiger charge is 2.32. The molecule has 0 saturated heterocycles. The molecule has 4 aromatic rings. The van der Waals surface area contributed by atoms with E-state index in [0.717, 1.165) is 28.0 Å². The van der Waals surface area contributed by atoms with Crippen LogP contribution in [0.5, 0.6) is 5.75 Å². The fourth-order valence-corrected chi connectivity index (χ4v) is 4.59. The zero-order valence-electron chi connectivity index (χ0n) is 21.0. The molecule has 37 heavy (non-hydrogen) atoms. The first-order valence-electron chi connectivity index (χ1n) is 12.5. The van der Waals surface area contributed by atoms with Crippen LogP contribution in [0, 0.1) is 0 Å². The molecule has 0 saturated carbocycles. The van der Waals surface area contributed by atoms with Gasteiger partial charge in [-0.25, -0.2) is 4.98 Å². The van der Waals surface area contributed by atoms with E-state index in [1.54, 1.807) is 23.4 Å². The second-order valence-corrected chi connectivity index (χ2v) is 9.29. The predicted octanol–water partition coefficient (Wildman–Crippen LogP) is 2.76. The van der Waals surface area contributed by atoms with Gasteiger partial charge < -0.3 is 24.8 Å². The van der Waals surface area contributed by atoms with Crippen molar-refractivity contribution in [1.82, 2.24) is 30.0 Å². The van der Waals surface area contributed by atoms with Crippen LogP contribution in [0.2, 0.25) is 0 Å². The van der Waals surface area contributed by atoms with Gasteiger partial charge in [-0.1, -0.05) is 30.3 Å². The van der Waals surface area contributed by atoms with Crippen molar-refractivity contribution in [2.45, 2.75) is 39.6 Å². The Morgan fingerprint density at radius 1 is 1.11 bits per heavy atom. The van der Waals surface area contributed by atoms with Crippen molar-refractivity contribution in [3.8, 4) is 5.75 Å². The molecule has 10 nitrogen and oxygen atoms in total. The summed E-state index contributed by atoms with van der Waals surface area (Å²) in [6.07, 6.45) is 3.48. The number of benzene rings is 1. The minimum Gasteiger partial charge on any atom is -0.483 e. The second kappa shape index (κ2) is 10.8. The molecular formula is C27H31N7O3. The number of carbonyl (C=O) groups is 1. The van der Waals surface area contributed by atoms with Crippen LogP contribution in [0.3, 0.4) is 0 Å². The summed E-state index contributed by atoms with van der Waals surface area (Å²) in [4.78, 5) is 32.8. The number of hydrogen-bond acceptors (Lipinski definition) is 7. The molecule has 0 radical (unpaired) electrons. The van der Waals surface area contributed by atoms with Gasteiger partial charge in [0.15, 0.2) is 11.4 Å². The van der Waals surface area contributed by atoms with E-state index in [1.807, 2.05) is 54.8 Å². The zero-order valence-corrected chi connectivity index (χ0v) is 21.0. The fraction of sp³-hybridized carbons (Fsp3) is 0.333. The van der Waals surface area contributed by atoms with Gasteiger partial charge in [0.05, 0.1) is 17.1 Å². The van der Waals surface area contributed by atoms with Crippen molar-refractivity contribution in [2.75, 3.05) is 25.0 Å². The van der Waals surface area contributed by atoms with Crippen molar-refractivity contribution in [2.24, 2.45) is 0 Å². The SMILES string of the molecule is CC(C)N1CCn2c(CNCCNc3nccc4[nH]ncc34)cc(=O)c(OCc3ccccc3)c2C1=O. The summed E-state index contributed by atoms with van der Waals surface area (Å²) in [5.74, 6) is 0.703. The highest BCUT2D eigenvalue weighted by molar-refractivity contribution is 5.96. The lowest BCUT2D eigenvalue weighted by Crippen LogP contribution is -2.46. The van der Waals surface area contributed by atoms with Crippen molar-refractivity contribution < 1.29 is 9.53 Å². The summed E-state index contributed by atoms with van der Waals surface area (Å²) in [5.41, 5.74) is 2.66. The number of H-pyrrole nitrogens is 1. The molecule has 1 amide bonds. The van der Waals surface area contributed by atoms with Gasteiger partial charge in [-0.3, -0.25) is 14.7 Å². The van der Waals surface area contributed by atoms with Crippen LogP contribution >= 0.6 is 0 Å². The second-order valence-electron chi connectivity index (χ2n) is 9.29. The number of aromatic amines is 1. The topological polar surface area (TPSA) is 117 Å². The van der Waals surface area contributed by atoms with E-state index in [1.165, 1.54) is 0 Å². The Labute approximate surface area is 214 Å². The number of nitrogens with zero attached hydrogens (tertiary/aromatic N) is 4. The Balaban J connectivity index is 1.31. The number of rotatable bonds is 10. The summed E-state index contributed by atoms with van der Waals surface area (Å²) in [6.45, 7) is 7.08. The van der Waals surface area contributed by atoms with Crippen molar-refractivity contribution >= 4 is 22.6 Å². The summed E-state index contributed by atoms with van der Waals surface area (Å²) < 4.78 is 7.90. The maximum absolute atomic E-state index is 13.5. The van der Waals surface area contributed by atoms with Gasteiger partial charge in [0, 0.05) is 56.7 Å². The maximum atomic E-state index is 13.5. The minimum atomic E-state index is -0.285. The van der Waals surface area contributed by atoms with Crippen molar-refractivity contribution in [1.29, 1.82) is 0 Å². The largest absolute Gasteiger partial charge is 0.483 e. The fourth-order valence-electron chi connectivity index (χ4n) is 4.59. The van der Waals surface area contributed by atoms with Gasteiger partial charge >= 0.3 is 0 Å². The molecule has 0 fully saturated rings. The van der Waals surface area contributed by atoms with E-state index in [-0.39, 0.29) is 29.7 Å². The lowest BCUT2D eigenvalue weighted by atomic mass is 10.1. The number of carbonyl (C=O) groups excluding carboxylic acids is 1. The molecule has 10 heteroatoms. The number of fused-ring (bicyclic) bond motifs is 2. The Hall–Kier alpha value is -4.18. The van der Waals surface area contributed by atoms with Gasteiger partial charge in [-0.05, 0) is 25.5 Å². The van der Waals surface area contributed by atoms with E-state index < -0.39 is 0 Å². The summed E-state index contributed by atoms with van der Waals surface area (Å²) >= 11 is 0. The van der Waals surface area contributed by atoms with Gasteiger partial charge in [0.1, 0.15) is 12.4 Å². The molecule has 1 aliphatic heterocycles. The molecular weight excluding hydrogens is 470 g/mol. The molecule has 3 aromatic heterocycles. The van der Waals surface area contributed by atoms with Crippen LogP contribution < -0.4 is 20.8 Å². The van der Waals surface area contributed by atoms with Crippen LogP contribution in [-0.2, 0) is 19.7 Å². The monoisotopic (exact) mass is 501 g/mol. The summed E-state index contributed by atoms with van der Waals surface area (Å²) in [6, 6.07) is 13.1. The Kier molecular flexibility index (Phi) is 7.18. The molecule has 4 heterocycles. The molecule has 0 spiro atoms. The lowest BCUT2D eigenvalue weighted by molar-refractivity contribution is 0.0636. The van der Waals surface area contributed by atoms with E-state index in [9.17, 15) is 9.59 Å². The predicted molar refractivity (Wildman–Crippen MR) is 142 cm³/mol. The van der Waals surface area contributed by atoms with Gasteiger partial charge in [0.2, 0.25) is 5.43 Å². The zero-order chi connectivity index (χ0) is 25.8. The Bertz CT molecular complexity index is 1450. The number of hydrogen-bond donors (Lipinski definition) is 3. The molecule has 192 valence electrons. The Morgan fingerprint density at radius 3 is 2.76 bits per heavy atom. The van der Waals surface area contributed by atoms with Crippen LogP contribution in [0.25, 0.3) is 10.9 Å². The first kappa shape index (κ1) is 24.5. The van der Waals surface area contributed by atoms with Crippen LogP contribution in [0.15, 0.2) is 59.7 Å². The van der Waals surface area contributed by atoms with Gasteiger partial charge in [-0.15, -0.1) is 0 Å². The molecule has 1 aromatic carbocycles. The summed E-state index contributed by atoms with van der Waals surface area (Å²) in [7, 11) is 0. The maximum Gasteiger partial charge on any atom is 0.274 e. The lowest BCUT2D eigenvalue weighted by Gasteiger charge is -2.35. The van der Waals surface area contributed by atoms with Crippen molar-refractivity contribution in [3.05, 3.63) is 82.0 Å². The molecule has 5 rings (SSSR count). The summed E-state index contributed by atoms with van der Waals surface area (Å²) in [5, 5.41) is 14.6. The molecule has 1 aliphatic rings. The smallest absolute Gasteiger partial charge is 0.274 e. The number of pyridine rings is 2. The van der Waals surface area contributed by atoms with Crippen LogP contribution in [0.1, 0.15) is 35.6 Å². The molecule has 0 bridgehead atoms. The first-order chi connectivity index (χ1) is 18.0. The van der Waals surface area contributed by atoms with Crippen LogP contribution in [-0.4, -0.2) is 56.2 Å². The highest BCUT2D eigenvalue weighted by Crippen LogP contribution is 2.24. The third kappa shape index (κ3) is 5.19. The normalized spacial score (nSPS) is 13.3. The van der Waals surface area contributed by atoms with Crippen LogP contribution in [0.4, 0.5) is 5.82 Å².